The summed E-state index contributed by atoms with van der Waals surface area (Å²) >= 11 is 3.46. The number of fused-ring (bicyclic) bond motifs is 1. The Morgan fingerprint density at radius 1 is 1.05 bits per heavy atom. The van der Waals surface area contributed by atoms with Crippen molar-refractivity contribution in [1.82, 2.24) is 19.4 Å². The quantitative estimate of drug-likeness (QED) is 0.259. The Kier molecular flexibility index (Phi) is 7.83. The third-order valence-electron chi connectivity index (χ3n) is 7.37. The molecule has 1 aliphatic rings. The van der Waals surface area contributed by atoms with E-state index >= 15 is 0 Å². The van der Waals surface area contributed by atoms with Crippen LogP contribution >= 0.6 is 15.9 Å². The standard InChI is InChI=1S/C30H28BrF3N4O2/c1-3-26(27-35-25-10-5-4-9-24(25)29(40)38(27)23-13-11-22(31)12-14-23)36-15-16-37(19(2)18-36)28(39)20-7-6-8-21(17-20)30(32,33)34/h4-14,17,19,26H,3,15-16,18H2,1-2H3. The Balaban J connectivity index is 1.47. The number of rotatable bonds is 5. The average Bonchev–Trinajstić information content (AvgIpc) is 2.94. The van der Waals surface area contributed by atoms with Gasteiger partial charge in [-0.25, -0.2) is 4.98 Å². The van der Waals surface area contributed by atoms with Crippen molar-refractivity contribution in [3.8, 4) is 5.69 Å². The average molecular weight is 613 g/mol. The lowest BCUT2D eigenvalue weighted by Gasteiger charge is -2.43. The molecule has 1 aliphatic heterocycles. The van der Waals surface area contributed by atoms with E-state index in [0.29, 0.717) is 48.5 Å². The van der Waals surface area contributed by atoms with Gasteiger partial charge >= 0.3 is 6.18 Å². The fourth-order valence-electron chi connectivity index (χ4n) is 5.38. The first-order chi connectivity index (χ1) is 19.1. The van der Waals surface area contributed by atoms with Gasteiger partial charge in [0.05, 0.1) is 28.2 Å². The second-order valence-electron chi connectivity index (χ2n) is 9.95. The summed E-state index contributed by atoms with van der Waals surface area (Å²) in [5.41, 5.74) is 0.325. The SMILES string of the molecule is CCC(c1nc2ccccc2c(=O)n1-c1ccc(Br)cc1)N1CCN(C(=O)c2cccc(C(F)(F)F)c2)C(C)C1. The topological polar surface area (TPSA) is 58.4 Å². The number of carbonyl (C=O) groups is 1. The third kappa shape index (κ3) is 5.42. The number of hydrogen-bond donors (Lipinski definition) is 0. The Hall–Kier alpha value is -3.50. The zero-order valence-corrected chi connectivity index (χ0v) is 23.6. The first-order valence-electron chi connectivity index (χ1n) is 13.1. The Morgan fingerprint density at radius 2 is 1.77 bits per heavy atom. The van der Waals surface area contributed by atoms with Crippen LogP contribution in [-0.4, -0.2) is 50.9 Å². The highest BCUT2D eigenvalue weighted by atomic mass is 79.9. The zero-order valence-electron chi connectivity index (χ0n) is 22.0. The van der Waals surface area contributed by atoms with Crippen LogP contribution in [0.25, 0.3) is 16.6 Å². The molecule has 5 rings (SSSR count). The van der Waals surface area contributed by atoms with E-state index < -0.39 is 17.6 Å². The fourth-order valence-corrected chi connectivity index (χ4v) is 5.65. The molecule has 1 fully saturated rings. The Bertz CT molecular complexity index is 1600. The van der Waals surface area contributed by atoms with Gasteiger partial charge in [0.2, 0.25) is 0 Å². The molecule has 2 atom stereocenters. The minimum atomic E-state index is -4.52. The number of para-hydroxylation sites is 1. The van der Waals surface area contributed by atoms with Gasteiger partial charge in [-0.1, -0.05) is 41.1 Å². The molecule has 1 amide bonds. The van der Waals surface area contributed by atoms with E-state index in [1.165, 1.54) is 12.1 Å². The summed E-state index contributed by atoms with van der Waals surface area (Å²) in [7, 11) is 0. The van der Waals surface area contributed by atoms with Crippen LogP contribution in [0.1, 0.15) is 48.1 Å². The van der Waals surface area contributed by atoms with Crippen LogP contribution in [0, 0.1) is 0 Å². The van der Waals surface area contributed by atoms with E-state index in [4.69, 9.17) is 4.98 Å². The van der Waals surface area contributed by atoms with E-state index in [-0.39, 0.29) is 23.2 Å². The first kappa shape index (κ1) is 28.0. The van der Waals surface area contributed by atoms with Gasteiger partial charge in [-0.3, -0.25) is 19.1 Å². The van der Waals surface area contributed by atoms with Gasteiger partial charge in [0, 0.05) is 35.7 Å². The normalized spacial score (nSPS) is 17.2. The molecule has 2 unspecified atom stereocenters. The third-order valence-corrected chi connectivity index (χ3v) is 7.90. The number of halogens is 4. The molecule has 0 N–H and O–H groups in total. The van der Waals surface area contributed by atoms with Crippen molar-refractivity contribution in [1.29, 1.82) is 0 Å². The minimum absolute atomic E-state index is 0.0161. The Morgan fingerprint density at radius 3 is 2.45 bits per heavy atom. The maximum Gasteiger partial charge on any atom is 0.416 e. The number of alkyl halides is 3. The van der Waals surface area contributed by atoms with E-state index in [2.05, 4.69) is 20.8 Å². The summed E-state index contributed by atoms with van der Waals surface area (Å²) < 4.78 is 42.2. The highest BCUT2D eigenvalue weighted by Gasteiger charge is 2.35. The van der Waals surface area contributed by atoms with Crippen molar-refractivity contribution in [2.45, 2.75) is 38.5 Å². The number of amides is 1. The van der Waals surface area contributed by atoms with Gasteiger partial charge < -0.3 is 4.90 Å². The van der Waals surface area contributed by atoms with Gasteiger partial charge in [-0.15, -0.1) is 0 Å². The van der Waals surface area contributed by atoms with E-state index in [9.17, 15) is 22.8 Å². The molecule has 40 heavy (non-hydrogen) atoms. The van der Waals surface area contributed by atoms with Crippen molar-refractivity contribution in [3.63, 3.8) is 0 Å². The number of nitrogens with zero attached hydrogens (tertiary/aromatic N) is 4. The molecular formula is C30H28BrF3N4O2. The summed E-state index contributed by atoms with van der Waals surface area (Å²) in [6.45, 7) is 5.22. The summed E-state index contributed by atoms with van der Waals surface area (Å²) in [5.74, 6) is 0.181. The van der Waals surface area contributed by atoms with Crippen molar-refractivity contribution in [2.75, 3.05) is 19.6 Å². The van der Waals surface area contributed by atoms with Crippen LogP contribution in [0.3, 0.4) is 0 Å². The predicted molar refractivity (Wildman–Crippen MR) is 152 cm³/mol. The maximum absolute atomic E-state index is 13.8. The molecule has 208 valence electrons. The lowest BCUT2D eigenvalue weighted by molar-refractivity contribution is -0.137. The smallest absolute Gasteiger partial charge is 0.333 e. The van der Waals surface area contributed by atoms with E-state index in [0.717, 1.165) is 16.6 Å². The van der Waals surface area contributed by atoms with Gasteiger partial charge in [0.25, 0.3) is 11.5 Å². The molecule has 3 aromatic carbocycles. The molecule has 0 saturated carbocycles. The molecular weight excluding hydrogens is 585 g/mol. The molecule has 1 saturated heterocycles. The number of carbonyl (C=O) groups excluding carboxylic acids is 1. The summed E-state index contributed by atoms with van der Waals surface area (Å²) in [4.78, 5) is 35.8. The van der Waals surface area contributed by atoms with E-state index in [1.807, 2.05) is 56.3 Å². The molecule has 0 spiro atoms. The molecule has 0 aliphatic carbocycles. The van der Waals surface area contributed by atoms with E-state index in [1.54, 1.807) is 15.5 Å². The number of aromatic nitrogens is 2. The maximum atomic E-state index is 13.8. The summed E-state index contributed by atoms with van der Waals surface area (Å²) in [6.07, 6.45) is -3.86. The molecule has 1 aromatic heterocycles. The first-order valence-corrected chi connectivity index (χ1v) is 13.9. The highest BCUT2D eigenvalue weighted by molar-refractivity contribution is 9.10. The Labute approximate surface area is 238 Å². The molecule has 0 radical (unpaired) electrons. The van der Waals surface area contributed by atoms with Crippen LogP contribution < -0.4 is 5.56 Å². The number of benzene rings is 3. The van der Waals surface area contributed by atoms with Crippen LogP contribution in [0.2, 0.25) is 0 Å². The zero-order chi connectivity index (χ0) is 28.6. The van der Waals surface area contributed by atoms with Crippen molar-refractivity contribution in [2.24, 2.45) is 0 Å². The largest absolute Gasteiger partial charge is 0.416 e. The lowest BCUT2D eigenvalue weighted by Crippen LogP contribution is -2.55. The van der Waals surface area contributed by atoms with Crippen LogP contribution in [-0.2, 0) is 6.18 Å². The van der Waals surface area contributed by atoms with Gasteiger partial charge in [0.15, 0.2) is 0 Å². The number of hydrogen-bond acceptors (Lipinski definition) is 4. The second-order valence-corrected chi connectivity index (χ2v) is 10.9. The van der Waals surface area contributed by atoms with Crippen molar-refractivity contribution < 1.29 is 18.0 Å². The van der Waals surface area contributed by atoms with Crippen molar-refractivity contribution >= 4 is 32.7 Å². The molecule has 6 nitrogen and oxygen atoms in total. The van der Waals surface area contributed by atoms with Crippen LogP contribution in [0.4, 0.5) is 13.2 Å². The molecule has 2 heterocycles. The summed E-state index contributed by atoms with van der Waals surface area (Å²) in [6, 6.07) is 18.8. The number of piperazine rings is 1. The molecule has 10 heteroatoms. The summed E-state index contributed by atoms with van der Waals surface area (Å²) in [5, 5.41) is 0.522. The van der Waals surface area contributed by atoms with Crippen LogP contribution in [0.5, 0.6) is 0 Å². The minimum Gasteiger partial charge on any atom is -0.333 e. The van der Waals surface area contributed by atoms with Gasteiger partial charge in [0.1, 0.15) is 5.82 Å². The molecule has 0 bridgehead atoms. The fraction of sp³-hybridized carbons (Fsp3) is 0.300. The van der Waals surface area contributed by atoms with Crippen molar-refractivity contribution in [3.05, 3.63) is 105 Å². The molecule has 4 aromatic rings. The predicted octanol–water partition coefficient (Wildman–Crippen LogP) is 6.46. The lowest BCUT2D eigenvalue weighted by atomic mass is 10.0. The van der Waals surface area contributed by atoms with Gasteiger partial charge in [-0.05, 0) is 67.9 Å². The van der Waals surface area contributed by atoms with Crippen LogP contribution in [0.15, 0.2) is 82.1 Å². The monoisotopic (exact) mass is 612 g/mol. The van der Waals surface area contributed by atoms with Gasteiger partial charge in [-0.2, -0.15) is 13.2 Å². The highest BCUT2D eigenvalue weighted by Crippen LogP contribution is 2.31. The second kappa shape index (κ2) is 11.2.